The second-order valence-electron chi connectivity index (χ2n) is 5.15. The van der Waals surface area contributed by atoms with E-state index in [-0.39, 0.29) is 12.1 Å². The smallest absolute Gasteiger partial charge is 0.257 e. The van der Waals surface area contributed by atoms with Crippen LogP contribution in [0.15, 0.2) is 24.4 Å². The molecule has 3 heterocycles. The van der Waals surface area contributed by atoms with Gasteiger partial charge in [0.15, 0.2) is 9.84 Å². The summed E-state index contributed by atoms with van der Waals surface area (Å²) in [5.41, 5.74) is 0.0780. The van der Waals surface area contributed by atoms with E-state index in [1.807, 2.05) is 0 Å². The molecule has 1 saturated heterocycles. The normalized spacial score (nSPS) is 28.2. The molecule has 2 bridgehead atoms. The molecule has 2 unspecified atom stereocenters. The number of nitrogens with zero attached hydrogens (tertiary/aromatic N) is 1. The lowest BCUT2D eigenvalue weighted by molar-refractivity contribution is -0.137. The van der Waals surface area contributed by atoms with E-state index in [0.717, 1.165) is 18.3 Å². The van der Waals surface area contributed by atoms with Gasteiger partial charge >= 0.3 is 6.18 Å². The fraction of sp³-hybridized carbons (Fsp3) is 0.462. The predicted molar refractivity (Wildman–Crippen MR) is 67.6 cm³/mol. The molecule has 1 fully saturated rings. The molecular formula is C13H12F3NO2S. The molecule has 1 aromatic rings. The second kappa shape index (κ2) is 4.31. The molecule has 2 aliphatic rings. The fourth-order valence-corrected chi connectivity index (χ4v) is 5.02. The summed E-state index contributed by atoms with van der Waals surface area (Å²) in [6.45, 7) is 0. The topological polar surface area (TPSA) is 47.0 Å². The van der Waals surface area contributed by atoms with Crippen LogP contribution in [0.3, 0.4) is 0 Å². The summed E-state index contributed by atoms with van der Waals surface area (Å²) in [6.07, 6.45) is -0.349. The number of aromatic nitrogens is 1. The van der Waals surface area contributed by atoms with Crippen LogP contribution in [-0.2, 0) is 16.0 Å². The van der Waals surface area contributed by atoms with Crippen molar-refractivity contribution in [3.05, 3.63) is 35.7 Å². The molecule has 0 amide bonds. The Kier molecular flexibility index (Phi) is 2.93. The Balaban J connectivity index is 2.00. The van der Waals surface area contributed by atoms with Crippen molar-refractivity contribution in [1.82, 2.24) is 4.98 Å². The zero-order chi connectivity index (χ0) is 14.5. The molecule has 2 atom stereocenters. The number of allylic oxidation sites excluding steroid dienone is 1. The largest absolute Gasteiger partial charge is 0.416 e. The van der Waals surface area contributed by atoms with Crippen LogP contribution in [0.5, 0.6) is 0 Å². The van der Waals surface area contributed by atoms with Crippen LogP contribution >= 0.6 is 0 Å². The van der Waals surface area contributed by atoms with E-state index in [9.17, 15) is 21.6 Å². The molecule has 108 valence electrons. The first-order valence-corrected chi connectivity index (χ1v) is 7.86. The van der Waals surface area contributed by atoms with Gasteiger partial charge in [0.25, 0.3) is 0 Å². The van der Waals surface area contributed by atoms with Gasteiger partial charge in [0, 0.05) is 6.20 Å². The highest BCUT2D eigenvalue weighted by Crippen LogP contribution is 2.41. The van der Waals surface area contributed by atoms with Crippen LogP contribution in [0.25, 0.3) is 5.57 Å². The highest BCUT2D eigenvalue weighted by atomic mass is 32.2. The Morgan fingerprint density at radius 1 is 1.25 bits per heavy atom. The van der Waals surface area contributed by atoms with Gasteiger partial charge < -0.3 is 0 Å². The first kappa shape index (κ1) is 13.6. The SMILES string of the molecule is O=S1(=O)C2C=C(c3cc(C(F)(F)F)ccn3)CC1CC2. The van der Waals surface area contributed by atoms with E-state index >= 15 is 0 Å². The van der Waals surface area contributed by atoms with Crippen LogP contribution in [-0.4, -0.2) is 23.9 Å². The first-order chi connectivity index (χ1) is 9.28. The molecule has 1 aromatic heterocycles. The third-order valence-electron chi connectivity index (χ3n) is 3.91. The Hall–Kier alpha value is -1.37. The molecular weight excluding hydrogens is 291 g/mol. The monoisotopic (exact) mass is 303 g/mol. The number of fused-ring (bicyclic) bond motifs is 2. The average molecular weight is 303 g/mol. The van der Waals surface area contributed by atoms with Crippen LogP contribution in [0.4, 0.5) is 13.2 Å². The number of hydrogen-bond donors (Lipinski definition) is 0. The van der Waals surface area contributed by atoms with Gasteiger partial charge in [0.2, 0.25) is 0 Å². The first-order valence-electron chi connectivity index (χ1n) is 6.25. The average Bonchev–Trinajstić information content (AvgIpc) is 2.57. The lowest BCUT2D eigenvalue weighted by Crippen LogP contribution is -2.26. The molecule has 0 N–H and O–H groups in total. The Morgan fingerprint density at radius 3 is 2.65 bits per heavy atom. The number of pyridine rings is 1. The molecule has 3 rings (SSSR count). The van der Waals surface area contributed by atoms with E-state index in [1.54, 1.807) is 6.08 Å². The van der Waals surface area contributed by atoms with Crippen molar-refractivity contribution < 1.29 is 21.6 Å². The van der Waals surface area contributed by atoms with Crippen LogP contribution < -0.4 is 0 Å². The van der Waals surface area contributed by atoms with Crippen molar-refractivity contribution in [2.24, 2.45) is 0 Å². The van der Waals surface area contributed by atoms with Gasteiger partial charge in [0.05, 0.1) is 21.8 Å². The molecule has 7 heteroatoms. The number of halogens is 3. The fourth-order valence-electron chi connectivity index (χ4n) is 2.83. The summed E-state index contributed by atoms with van der Waals surface area (Å²) in [5, 5.41) is -1.03. The van der Waals surface area contributed by atoms with E-state index in [2.05, 4.69) is 4.98 Å². The van der Waals surface area contributed by atoms with Gasteiger partial charge in [-0.1, -0.05) is 6.08 Å². The molecule has 0 saturated carbocycles. The maximum absolute atomic E-state index is 12.7. The number of rotatable bonds is 1. The summed E-state index contributed by atoms with van der Waals surface area (Å²) < 4.78 is 61.9. The zero-order valence-electron chi connectivity index (χ0n) is 10.4. The predicted octanol–water partition coefficient (Wildman–Crippen LogP) is 2.83. The third-order valence-corrected chi connectivity index (χ3v) is 6.46. The molecule has 2 aliphatic heterocycles. The molecule has 0 spiro atoms. The van der Waals surface area contributed by atoms with Crippen LogP contribution in [0, 0.1) is 0 Å². The van der Waals surface area contributed by atoms with Crippen molar-refractivity contribution in [3.8, 4) is 0 Å². The van der Waals surface area contributed by atoms with Gasteiger partial charge in [-0.25, -0.2) is 8.42 Å². The molecule has 0 aliphatic carbocycles. The van der Waals surface area contributed by atoms with Crippen LogP contribution in [0.1, 0.15) is 30.5 Å². The molecule has 3 nitrogen and oxygen atoms in total. The maximum atomic E-state index is 12.7. The van der Waals surface area contributed by atoms with Gasteiger partial charge in [-0.05, 0) is 37.0 Å². The zero-order valence-corrected chi connectivity index (χ0v) is 11.2. The quantitative estimate of drug-likeness (QED) is 0.801. The third kappa shape index (κ3) is 2.13. The molecule has 20 heavy (non-hydrogen) atoms. The second-order valence-corrected chi connectivity index (χ2v) is 7.60. The Labute approximate surface area is 114 Å². The standard InChI is InChI=1S/C13H12F3NO2S/c14-13(15,16)9-3-4-17-12(7-9)8-5-10-1-2-11(6-8)20(10,18)19/h3-5,7,10-11H,1-2,6H2. The Bertz CT molecular complexity index is 679. The summed E-state index contributed by atoms with van der Waals surface area (Å²) in [6, 6.07) is 1.90. The van der Waals surface area contributed by atoms with Gasteiger partial charge in [0.1, 0.15) is 0 Å². The summed E-state index contributed by atoms with van der Waals surface area (Å²) in [7, 11) is -3.13. The van der Waals surface area contributed by atoms with E-state index < -0.39 is 32.1 Å². The van der Waals surface area contributed by atoms with E-state index in [0.29, 0.717) is 18.4 Å². The number of hydrogen-bond acceptors (Lipinski definition) is 3. The van der Waals surface area contributed by atoms with E-state index in [4.69, 9.17) is 0 Å². The minimum atomic E-state index is -4.42. The van der Waals surface area contributed by atoms with Gasteiger partial charge in [-0.15, -0.1) is 0 Å². The van der Waals surface area contributed by atoms with Crippen molar-refractivity contribution in [2.45, 2.75) is 35.9 Å². The number of alkyl halides is 3. The van der Waals surface area contributed by atoms with Crippen LogP contribution in [0.2, 0.25) is 0 Å². The van der Waals surface area contributed by atoms with E-state index in [1.165, 1.54) is 0 Å². The minimum Gasteiger partial charge on any atom is -0.257 e. The lowest BCUT2D eigenvalue weighted by Gasteiger charge is -2.20. The lowest BCUT2D eigenvalue weighted by atomic mass is 10.0. The van der Waals surface area contributed by atoms with Crippen molar-refractivity contribution >= 4 is 15.4 Å². The highest BCUT2D eigenvalue weighted by Gasteiger charge is 2.43. The van der Waals surface area contributed by atoms with Crippen molar-refractivity contribution in [2.75, 3.05) is 0 Å². The van der Waals surface area contributed by atoms with Gasteiger partial charge in [-0.3, -0.25) is 4.98 Å². The summed E-state index contributed by atoms with van der Waals surface area (Å²) >= 11 is 0. The maximum Gasteiger partial charge on any atom is 0.416 e. The molecule has 0 radical (unpaired) electrons. The summed E-state index contributed by atoms with van der Waals surface area (Å²) in [5.74, 6) is 0. The number of sulfone groups is 1. The van der Waals surface area contributed by atoms with Gasteiger partial charge in [-0.2, -0.15) is 13.2 Å². The van der Waals surface area contributed by atoms with Crippen molar-refractivity contribution in [1.29, 1.82) is 0 Å². The van der Waals surface area contributed by atoms with Crippen molar-refractivity contribution in [3.63, 3.8) is 0 Å². The Morgan fingerprint density at radius 2 is 2.00 bits per heavy atom. The summed E-state index contributed by atoms with van der Waals surface area (Å²) in [4.78, 5) is 3.96. The minimum absolute atomic E-state index is 0.228. The highest BCUT2D eigenvalue weighted by molar-refractivity contribution is 7.93. The molecule has 0 aromatic carbocycles.